The molecule has 8 nitrogen and oxygen atoms in total. The Morgan fingerprint density at radius 3 is 2.67 bits per heavy atom. The van der Waals surface area contributed by atoms with Crippen molar-refractivity contribution in [3.63, 3.8) is 0 Å². The van der Waals surface area contributed by atoms with Crippen LogP contribution in [0.15, 0.2) is 12.3 Å². The van der Waals surface area contributed by atoms with Crippen molar-refractivity contribution >= 4 is 17.8 Å². The van der Waals surface area contributed by atoms with Gasteiger partial charge in [0.05, 0.1) is 6.10 Å². The van der Waals surface area contributed by atoms with Crippen molar-refractivity contribution in [2.24, 2.45) is 0 Å². The molecule has 0 aromatic carbocycles. The summed E-state index contributed by atoms with van der Waals surface area (Å²) in [5.41, 5.74) is 0.297. The Balaban J connectivity index is 1.63. The van der Waals surface area contributed by atoms with Crippen LogP contribution in [-0.4, -0.2) is 77.0 Å². The summed E-state index contributed by atoms with van der Waals surface area (Å²) >= 11 is 0. The van der Waals surface area contributed by atoms with Crippen LogP contribution in [0.3, 0.4) is 0 Å². The predicted molar refractivity (Wildman–Crippen MR) is 87.6 cm³/mol. The van der Waals surface area contributed by atoms with Gasteiger partial charge in [-0.3, -0.25) is 14.9 Å². The fourth-order valence-electron chi connectivity index (χ4n) is 2.90. The number of nitrogens with zero attached hydrogens (tertiary/aromatic N) is 4. The van der Waals surface area contributed by atoms with Crippen LogP contribution in [0.5, 0.6) is 0 Å². The zero-order valence-electron chi connectivity index (χ0n) is 14.1. The number of anilines is 1. The lowest BCUT2D eigenvalue weighted by Crippen LogP contribution is -2.47. The lowest BCUT2D eigenvalue weighted by molar-refractivity contribution is -0.126. The Morgan fingerprint density at radius 1 is 1.25 bits per heavy atom. The summed E-state index contributed by atoms with van der Waals surface area (Å²) in [6, 6.07) is 1.57. The van der Waals surface area contributed by atoms with Gasteiger partial charge in [0.2, 0.25) is 5.95 Å². The summed E-state index contributed by atoms with van der Waals surface area (Å²) in [7, 11) is 2.03. The zero-order chi connectivity index (χ0) is 17.1. The molecule has 0 bridgehead atoms. The number of hydrogen-bond donors (Lipinski definition) is 1. The molecule has 1 N–H and O–H groups in total. The van der Waals surface area contributed by atoms with E-state index < -0.39 is 6.10 Å². The highest BCUT2D eigenvalue weighted by Crippen LogP contribution is 2.20. The summed E-state index contributed by atoms with van der Waals surface area (Å²) in [6.07, 6.45) is 2.66. The monoisotopic (exact) mass is 333 g/mol. The Hall–Kier alpha value is -2.06. The summed E-state index contributed by atoms with van der Waals surface area (Å²) in [6.45, 7) is 4.98. The molecule has 2 saturated heterocycles. The molecule has 2 aliphatic heterocycles. The SMILES string of the molecule is CC1CCC(C(=O)Nc2nccc(C(=O)N3CCN(C)CC3)n2)O1. The molecule has 2 amide bonds. The third-order valence-electron chi connectivity index (χ3n) is 4.42. The molecule has 0 aliphatic carbocycles. The maximum absolute atomic E-state index is 12.5. The van der Waals surface area contributed by atoms with E-state index >= 15 is 0 Å². The third-order valence-corrected chi connectivity index (χ3v) is 4.42. The molecule has 0 spiro atoms. The first-order valence-corrected chi connectivity index (χ1v) is 8.30. The number of ether oxygens (including phenoxy) is 1. The van der Waals surface area contributed by atoms with Gasteiger partial charge in [-0.2, -0.15) is 0 Å². The molecule has 3 rings (SSSR count). The van der Waals surface area contributed by atoms with Crippen LogP contribution in [0.25, 0.3) is 0 Å². The molecule has 8 heteroatoms. The normalized spacial score (nSPS) is 24.8. The minimum absolute atomic E-state index is 0.0896. The number of carbonyl (C=O) groups is 2. The predicted octanol–water partition coefficient (Wildman–Crippen LogP) is 0.370. The molecule has 24 heavy (non-hydrogen) atoms. The van der Waals surface area contributed by atoms with Crippen LogP contribution >= 0.6 is 0 Å². The molecule has 2 unspecified atom stereocenters. The first-order valence-electron chi connectivity index (χ1n) is 8.30. The van der Waals surface area contributed by atoms with E-state index in [1.54, 1.807) is 11.0 Å². The summed E-state index contributed by atoms with van der Waals surface area (Å²) in [4.78, 5) is 36.9. The second-order valence-corrected chi connectivity index (χ2v) is 6.36. The van der Waals surface area contributed by atoms with Crippen LogP contribution in [-0.2, 0) is 9.53 Å². The Labute approximate surface area is 141 Å². The topological polar surface area (TPSA) is 87.7 Å². The van der Waals surface area contributed by atoms with E-state index in [0.29, 0.717) is 25.2 Å². The lowest BCUT2D eigenvalue weighted by Gasteiger charge is -2.32. The number of aromatic nitrogens is 2. The van der Waals surface area contributed by atoms with Crippen molar-refractivity contribution in [3.8, 4) is 0 Å². The standard InChI is InChI=1S/C16H23N5O3/c1-11-3-4-13(24-11)14(22)19-16-17-6-5-12(18-16)15(23)21-9-7-20(2)8-10-21/h5-6,11,13H,3-4,7-10H2,1-2H3,(H,17,18,19,22). The Morgan fingerprint density at radius 2 is 2.00 bits per heavy atom. The number of rotatable bonds is 3. The molecule has 3 heterocycles. The van der Waals surface area contributed by atoms with Gasteiger partial charge in [0.1, 0.15) is 11.8 Å². The van der Waals surface area contributed by atoms with Crippen molar-refractivity contribution in [3.05, 3.63) is 18.0 Å². The van der Waals surface area contributed by atoms with Crippen LogP contribution in [0.1, 0.15) is 30.3 Å². The quantitative estimate of drug-likeness (QED) is 0.860. The summed E-state index contributed by atoms with van der Waals surface area (Å²) in [5, 5.41) is 2.64. The van der Waals surface area contributed by atoms with E-state index in [1.807, 2.05) is 14.0 Å². The number of likely N-dealkylation sites (N-methyl/N-ethyl adjacent to an activating group) is 1. The summed E-state index contributed by atoms with van der Waals surface area (Å²) < 4.78 is 5.53. The minimum Gasteiger partial charge on any atom is -0.365 e. The average molecular weight is 333 g/mol. The van der Waals surface area contributed by atoms with Gasteiger partial charge in [-0.1, -0.05) is 0 Å². The van der Waals surface area contributed by atoms with Crippen LogP contribution in [0.2, 0.25) is 0 Å². The van der Waals surface area contributed by atoms with Crippen LogP contribution in [0.4, 0.5) is 5.95 Å². The second kappa shape index (κ2) is 7.23. The molecular weight excluding hydrogens is 310 g/mol. The largest absolute Gasteiger partial charge is 0.365 e. The maximum atomic E-state index is 12.5. The van der Waals surface area contributed by atoms with Gasteiger partial charge < -0.3 is 14.5 Å². The van der Waals surface area contributed by atoms with Crippen molar-refractivity contribution in [2.45, 2.75) is 32.0 Å². The summed E-state index contributed by atoms with van der Waals surface area (Å²) in [5.74, 6) is -0.251. The number of piperazine rings is 1. The van der Waals surface area contributed by atoms with Gasteiger partial charge in [0, 0.05) is 32.4 Å². The molecule has 2 atom stereocenters. The molecule has 130 valence electrons. The fourth-order valence-corrected chi connectivity index (χ4v) is 2.90. The van der Waals surface area contributed by atoms with Gasteiger partial charge in [-0.15, -0.1) is 0 Å². The second-order valence-electron chi connectivity index (χ2n) is 6.36. The van der Waals surface area contributed by atoms with Crippen molar-refractivity contribution in [1.29, 1.82) is 0 Å². The zero-order valence-corrected chi connectivity index (χ0v) is 14.1. The first kappa shape index (κ1) is 16.8. The molecule has 1 aromatic heterocycles. The Bertz CT molecular complexity index is 615. The van der Waals surface area contributed by atoms with Gasteiger partial charge in [-0.25, -0.2) is 9.97 Å². The van der Waals surface area contributed by atoms with E-state index in [4.69, 9.17) is 4.74 Å². The molecule has 2 aliphatic rings. The Kier molecular flexibility index (Phi) is 5.06. The molecule has 0 saturated carbocycles. The van der Waals surface area contributed by atoms with Crippen molar-refractivity contribution in [2.75, 3.05) is 38.5 Å². The van der Waals surface area contributed by atoms with E-state index in [1.165, 1.54) is 6.20 Å². The highest BCUT2D eigenvalue weighted by atomic mass is 16.5. The van der Waals surface area contributed by atoms with Crippen LogP contribution < -0.4 is 5.32 Å². The number of amides is 2. The van der Waals surface area contributed by atoms with Gasteiger partial charge in [0.25, 0.3) is 11.8 Å². The van der Waals surface area contributed by atoms with Crippen molar-refractivity contribution < 1.29 is 14.3 Å². The molecule has 0 radical (unpaired) electrons. The minimum atomic E-state index is -0.472. The average Bonchev–Trinajstić information content (AvgIpc) is 3.02. The van der Waals surface area contributed by atoms with E-state index in [0.717, 1.165) is 19.5 Å². The van der Waals surface area contributed by atoms with Gasteiger partial charge >= 0.3 is 0 Å². The first-order chi connectivity index (χ1) is 11.5. The number of hydrogen-bond acceptors (Lipinski definition) is 6. The highest BCUT2D eigenvalue weighted by molar-refractivity contribution is 5.95. The molecule has 1 aromatic rings. The van der Waals surface area contributed by atoms with Gasteiger partial charge in [0.15, 0.2) is 0 Å². The fraction of sp³-hybridized carbons (Fsp3) is 0.625. The highest BCUT2D eigenvalue weighted by Gasteiger charge is 2.29. The maximum Gasteiger partial charge on any atom is 0.272 e. The van der Waals surface area contributed by atoms with E-state index in [2.05, 4.69) is 20.2 Å². The molecule has 2 fully saturated rings. The van der Waals surface area contributed by atoms with E-state index in [9.17, 15) is 9.59 Å². The van der Waals surface area contributed by atoms with Crippen molar-refractivity contribution in [1.82, 2.24) is 19.8 Å². The van der Waals surface area contributed by atoms with Gasteiger partial charge in [-0.05, 0) is 32.9 Å². The third kappa shape index (κ3) is 3.88. The van der Waals surface area contributed by atoms with Crippen LogP contribution in [0, 0.1) is 0 Å². The number of nitrogens with one attached hydrogen (secondary N) is 1. The van der Waals surface area contributed by atoms with E-state index in [-0.39, 0.29) is 23.9 Å². The lowest BCUT2D eigenvalue weighted by atomic mass is 10.2. The number of carbonyl (C=O) groups excluding carboxylic acids is 2. The smallest absolute Gasteiger partial charge is 0.272 e. The molecular formula is C16H23N5O3.